The number of aliphatic carboxylic acids is 1. The number of aromatic nitrogens is 2. The summed E-state index contributed by atoms with van der Waals surface area (Å²) in [5.74, 6) is -0.848. The van der Waals surface area contributed by atoms with Crippen molar-refractivity contribution < 1.29 is 14.7 Å². The Bertz CT molecular complexity index is 1370. The van der Waals surface area contributed by atoms with E-state index < -0.39 is 5.97 Å². The molecular formula is C27H26ClN3O3. The van der Waals surface area contributed by atoms with Gasteiger partial charge in [-0.1, -0.05) is 35.9 Å². The summed E-state index contributed by atoms with van der Waals surface area (Å²) in [5.41, 5.74) is 2.27. The molecule has 0 aliphatic heterocycles. The zero-order chi connectivity index (χ0) is 23.7. The molecule has 1 saturated carbocycles. The van der Waals surface area contributed by atoms with Crippen LogP contribution in [-0.2, 0) is 11.3 Å². The molecule has 0 bridgehead atoms. The minimum atomic E-state index is -0.717. The lowest BCUT2D eigenvalue weighted by Crippen LogP contribution is -2.32. The standard InChI is InChI=1S/C27H26ClN3O3/c28-22-11-20-9-10-31(16-23-12-19-3-1-2-4-21(19)15-29-23)25(20)24(13-22)26(32)30-14-17-5-7-18(8-6-17)27(33)34/h1-4,9-13,15,17-18H,5-8,14,16H2,(H,30,32)(H,33,34)/t17-,18-. The predicted octanol–water partition coefficient (Wildman–Crippen LogP) is 5.51. The molecule has 5 rings (SSSR count). The second-order valence-corrected chi connectivity index (χ2v) is 9.56. The number of nitrogens with one attached hydrogen (secondary N) is 1. The molecule has 2 aromatic heterocycles. The molecule has 1 aliphatic rings. The molecular weight excluding hydrogens is 450 g/mol. The second-order valence-electron chi connectivity index (χ2n) is 9.12. The van der Waals surface area contributed by atoms with E-state index in [-0.39, 0.29) is 11.8 Å². The van der Waals surface area contributed by atoms with E-state index in [4.69, 9.17) is 11.6 Å². The fourth-order valence-electron chi connectivity index (χ4n) is 4.95. The predicted molar refractivity (Wildman–Crippen MR) is 133 cm³/mol. The number of hydrogen-bond donors (Lipinski definition) is 2. The topological polar surface area (TPSA) is 84.2 Å². The zero-order valence-electron chi connectivity index (χ0n) is 18.7. The van der Waals surface area contributed by atoms with Crippen LogP contribution in [0.25, 0.3) is 21.7 Å². The molecule has 7 heteroatoms. The number of carbonyl (C=O) groups is 2. The fraction of sp³-hybridized carbons (Fsp3) is 0.296. The van der Waals surface area contributed by atoms with Gasteiger partial charge in [-0.25, -0.2) is 0 Å². The molecule has 0 radical (unpaired) electrons. The van der Waals surface area contributed by atoms with Gasteiger partial charge in [0, 0.05) is 34.7 Å². The number of carbonyl (C=O) groups excluding carboxylic acids is 1. The number of carboxylic acid groups (broad SMARTS) is 1. The highest BCUT2D eigenvalue weighted by Crippen LogP contribution is 2.29. The number of rotatable bonds is 6. The van der Waals surface area contributed by atoms with Crippen molar-refractivity contribution in [3.8, 4) is 0 Å². The summed E-state index contributed by atoms with van der Waals surface area (Å²) in [6.45, 7) is 1.07. The van der Waals surface area contributed by atoms with Crippen LogP contribution < -0.4 is 5.32 Å². The van der Waals surface area contributed by atoms with Crippen LogP contribution in [-0.4, -0.2) is 33.1 Å². The van der Waals surface area contributed by atoms with Crippen molar-refractivity contribution in [2.45, 2.75) is 32.2 Å². The van der Waals surface area contributed by atoms with E-state index in [1.165, 1.54) is 0 Å². The first-order valence-corrected chi connectivity index (χ1v) is 12.0. The van der Waals surface area contributed by atoms with Crippen LogP contribution in [0.2, 0.25) is 5.02 Å². The van der Waals surface area contributed by atoms with Gasteiger partial charge in [0.15, 0.2) is 0 Å². The van der Waals surface area contributed by atoms with Gasteiger partial charge in [0.05, 0.1) is 29.2 Å². The largest absolute Gasteiger partial charge is 0.481 e. The Morgan fingerprint density at radius 1 is 1.03 bits per heavy atom. The maximum Gasteiger partial charge on any atom is 0.306 e. The van der Waals surface area contributed by atoms with Crippen molar-refractivity contribution in [1.29, 1.82) is 0 Å². The lowest BCUT2D eigenvalue weighted by atomic mass is 9.82. The summed E-state index contributed by atoms with van der Waals surface area (Å²) in [7, 11) is 0. The number of hydrogen-bond acceptors (Lipinski definition) is 3. The van der Waals surface area contributed by atoms with E-state index in [1.807, 2.05) is 47.3 Å². The number of pyridine rings is 1. The first-order chi connectivity index (χ1) is 16.5. The lowest BCUT2D eigenvalue weighted by Gasteiger charge is -2.26. The molecule has 4 aromatic rings. The lowest BCUT2D eigenvalue weighted by molar-refractivity contribution is -0.143. The molecule has 2 aromatic carbocycles. The summed E-state index contributed by atoms with van der Waals surface area (Å²) < 4.78 is 2.04. The van der Waals surface area contributed by atoms with Crippen LogP contribution in [0.3, 0.4) is 0 Å². The van der Waals surface area contributed by atoms with E-state index in [0.29, 0.717) is 42.4 Å². The maximum absolute atomic E-state index is 13.2. The molecule has 0 saturated heterocycles. The Morgan fingerprint density at radius 3 is 2.56 bits per heavy atom. The molecule has 174 valence electrons. The van der Waals surface area contributed by atoms with Gasteiger partial charge in [0.1, 0.15) is 0 Å². The third-order valence-corrected chi connectivity index (χ3v) is 7.06. The van der Waals surface area contributed by atoms with E-state index in [1.54, 1.807) is 6.07 Å². The van der Waals surface area contributed by atoms with E-state index in [2.05, 4.69) is 22.4 Å². The smallest absolute Gasteiger partial charge is 0.306 e. The van der Waals surface area contributed by atoms with Crippen LogP contribution >= 0.6 is 11.6 Å². The SMILES string of the molecule is O=C(NC[C@H]1CC[C@H](C(=O)O)CC1)c1cc(Cl)cc2ccn(Cc3cc4ccccc4cn3)c12. The monoisotopic (exact) mass is 475 g/mol. The minimum absolute atomic E-state index is 0.167. The first kappa shape index (κ1) is 22.4. The average Bonchev–Trinajstić information content (AvgIpc) is 3.24. The van der Waals surface area contributed by atoms with Crippen LogP contribution in [0.1, 0.15) is 41.7 Å². The Labute approximate surface area is 202 Å². The van der Waals surface area contributed by atoms with Crippen molar-refractivity contribution >= 4 is 45.2 Å². The van der Waals surface area contributed by atoms with E-state index in [0.717, 1.165) is 40.2 Å². The van der Waals surface area contributed by atoms with Gasteiger partial charge in [-0.2, -0.15) is 0 Å². The summed E-state index contributed by atoms with van der Waals surface area (Å²) in [6.07, 6.45) is 6.79. The maximum atomic E-state index is 13.2. The number of halogens is 1. The molecule has 2 N–H and O–H groups in total. The molecule has 0 atom stereocenters. The highest BCUT2D eigenvalue weighted by molar-refractivity contribution is 6.32. The summed E-state index contributed by atoms with van der Waals surface area (Å²) >= 11 is 6.34. The molecule has 0 spiro atoms. The van der Waals surface area contributed by atoms with Gasteiger partial charge in [0.2, 0.25) is 0 Å². The van der Waals surface area contributed by atoms with Crippen molar-refractivity contribution in [3.05, 3.63) is 77.2 Å². The normalized spacial score (nSPS) is 18.3. The van der Waals surface area contributed by atoms with Crippen LogP contribution in [0.5, 0.6) is 0 Å². The zero-order valence-corrected chi connectivity index (χ0v) is 19.5. The van der Waals surface area contributed by atoms with Gasteiger partial charge in [-0.3, -0.25) is 14.6 Å². The summed E-state index contributed by atoms with van der Waals surface area (Å²) in [6, 6.07) is 15.7. The van der Waals surface area contributed by atoms with Crippen molar-refractivity contribution in [1.82, 2.24) is 14.9 Å². The van der Waals surface area contributed by atoms with Gasteiger partial charge in [0.25, 0.3) is 5.91 Å². The highest BCUT2D eigenvalue weighted by atomic mass is 35.5. The number of carboxylic acids is 1. The molecule has 0 unspecified atom stereocenters. The average molecular weight is 476 g/mol. The second kappa shape index (κ2) is 9.47. The molecule has 1 aliphatic carbocycles. The van der Waals surface area contributed by atoms with Gasteiger partial charge >= 0.3 is 5.97 Å². The summed E-state index contributed by atoms with van der Waals surface area (Å²) in [5, 5.41) is 15.9. The van der Waals surface area contributed by atoms with Crippen LogP contribution in [0, 0.1) is 11.8 Å². The Balaban J connectivity index is 1.36. The quantitative estimate of drug-likeness (QED) is 0.385. The molecule has 2 heterocycles. The number of amides is 1. The Hall–Kier alpha value is -3.38. The Morgan fingerprint density at radius 2 is 1.79 bits per heavy atom. The van der Waals surface area contributed by atoms with Gasteiger partial charge < -0.3 is 15.0 Å². The van der Waals surface area contributed by atoms with Crippen molar-refractivity contribution in [2.75, 3.05) is 6.54 Å². The van der Waals surface area contributed by atoms with Crippen LogP contribution in [0.15, 0.2) is 60.9 Å². The van der Waals surface area contributed by atoms with Gasteiger partial charge in [-0.15, -0.1) is 0 Å². The number of benzene rings is 2. The highest BCUT2D eigenvalue weighted by Gasteiger charge is 2.26. The molecule has 6 nitrogen and oxygen atoms in total. The number of fused-ring (bicyclic) bond motifs is 2. The number of nitrogens with zero attached hydrogens (tertiary/aromatic N) is 2. The third kappa shape index (κ3) is 4.64. The Kier molecular flexibility index (Phi) is 6.24. The van der Waals surface area contributed by atoms with Gasteiger partial charge in [-0.05, 0) is 61.3 Å². The third-order valence-electron chi connectivity index (χ3n) is 6.84. The van der Waals surface area contributed by atoms with E-state index in [9.17, 15) is 14.7 Å². The van der Waals surface area contributed by atoms with Crippen LogP contribution in [0.4, 0.5) is 0 Å². The molecule has 1 fully saturated rings. The first-order valence-electron chi connectivity index (χ1n) is 11.6. The van der Waals surface area contributed by atoms with E-state index >= 15 is 0 Å². The van der Waals surface area contributed by atoms with Crippen molar-refractivity contribution in [3.63, 3.8) is 0 Å². The fourth-order valence-corrected chi connectivity index (χ4v) is 5.18. The minimum Gasteiger partial charge on any atom is -0.481 e. The van der Waals surface area contributed by atoms with Crippen molar-refractivity contribution in [2.24, 2.45) is 11.8 Å². The summed E-state index contributed by atoms with van der Waals surface area (Å²) in [4.78, 5) is 29.0. The molecule has 34 heavy (non-hydrogen) atoms. The molecule has 1 amide bonds.